The van der Waals surface area contributed by atoms with Crippen LogP contribution in [0.25, 0.3) is 0 Å². The molecule has 2 unspecified atom stereocenters. The predicted octanol–water partition coefficient (Wildman–Crippen LogP) is 0.0842. The minimum Gasteiger partial charge on any atom is -0.389 e. The highest BCUT2D eigenvalue weighted by Gasteiger charge is 2.22. The van der Waals surface area contributed by atoms with Crippen molar-refractivity contribution in [1.29, 1.82) is 0 Å². The summed E-state index contributed by atoms with van der Waals surface area (Å²) < 4.78 is 10.1. The maximum atomic E-state index is 9.70. The first kappa shape index (κ1) is 15.9. The van der Waals surface area contributed by atoms with Gasteiger partial charge in [0, 0.05) is 26.2 Å². The molecular weight excluding hydrogens is 232 g/mol. The van der Waals surface area contributed by atoms with Crippen LogP contribution < -0.4 is 5.32 Å². The van der Waals surface area contributed by atoms with Crippen LogP contribution in [0.15, 0.2) is 0 Å². The zero-order chi connectivity index (χ0) is 13.2. The summed E-state index contributed by atoms with van der Waals surface area (Å²) in [5.41, 5.74) is 0. The largest absolute Gasteiger partial charge is 0.389 e. The molecule has 18 heavy (non-hydrogen) atoms. The van der Waals surface area contributed by atoms with E-state index in [1.807, 2.05) is 0 Å². The Balaban J connectivity index is 1.99. The van der Waals surface area contributed by atoms with Crippen LogP contribution in [-0.4, -0.2) is 75.3 Å². The summed E-state index contributed by atoms with van der Waals surface area (Å²) in [7, 11) is 1.64. The number of ether oxygens (including phenoxy) is 2. The van der Waals surface area contributed by atoms with Gasteiger partial charge in [-0.3, -0.25) is 4.90 Å². The first-order chi connectivity index (χ1) is 8.77. The van der Waals surface area contributed by atoms with Gasteiger partial charge in [0.2, 0.25) is 0 Å². The van der Waals surface area contributed by atoms with Crippen molar-refractivity contribution in [2.45, 2.75) is 31.9 Å². The molecule has 2 atom stereocenters. The quantitative estimate of drug-likeness (QED) is 0.545. The van der Waals surface area contributed by atoms with Gasteiger partial charge in [-0.15, -0.1) is 0 Å². The van der Waals surface area contributed by atoms with E-state index in [9.17, 15) is 5.11 Å². The molecule has 0 amide bonds. The number of nitrogens with one attached hydrogen (secondary N) is 1. The number of nitrogens with zero attached hydrogens (tertiary/aromatic N) is 1. The van der Waals surface area contributed by atoms with Crippen molar-refractivity contribution in [1.82, 2.24) is 10.2 Å². The van der Waals surface area contributed by atoms with Gasteiger partial charge in [0.05, 0.1) is 25.9 Å². The van der Waals surface area contributed by atoms with E-state index in [1.54, 1.807) is 7.11 Å². The molecule has 1 heterocycles. The zero-order valence-electron chi connectivity index (χ0n) is 11.7. The minimum atomic E-state index is -0.432. The monoisotopic (exact) mass is 260 g/mol. The van der Waals surface area contributed by atoms with E-state index in [1.165, 1.54) is 19.4 Å². The Hall–Kier alpha value is -0.200. The Morgan fingerprint density at radius 2 is 2.28 bits per heavy atom. The number of hydrogen-bond acceptors (Lipinski definition) is 5. The number of methoxy groups -OCH3 is 1. The Morgan fingerprint density at radius 1 is 1.44 bits per heavy atom. The third-order valence-electron chi connectivity index (χ3n) is 3.41. The van der Waals surface area contributed by atoms with Gasteiger partial charge in [-0.1, -0.05) is 6.92 Å². The van der Waals surface area contributed by atoms with E-state index in [0.29, 0.717) is 32.4 Å². The van der Waals surface area contributed by atoms with Crippen LogP contribution in [0.2, 0.25) is 0 Å². The Kier molecular flexibility index (Phi) is 8.54. The molecule has 0 aromatic heterocycles. The van der Waals surface area contributed by atoms with Gasteiger partial charge >= 0.3 is 0 Å². The molecule has 0 spiro atoms. The van der Waals surface area contributed by atoms with Crippen molar-refractivity contribution in [3.8, 4) is 0 Å². The minimum absolute atomic E-state index is 0.374. The first-order valence-electron chi connectivity index (χ1n) is 6.97. The lowest BCUT2D eigenvalue weighted by Crippen LogP contribution is -2.41. The number of likely N-dealkylation sites (N-methyl/N-ethyl adjacent to an activating group) is 1. The molecule has 108 valence electrons. The van der Waals surface area contributed by atoms with E-state index in [4.69, 9.17) is 9.47 Å². The zero-order valence-corrected chi connectivity index (χ0v) is 11.7. The van der Waals surface area contributed by atoms with E-state index >= 15 is 0 Å². The molecule has 1 aliphatic rings. The standard InChI is InChI=1S/C13H28N2O3/c1-3-15-6-4-5-12(15)9-14-10-13(16)11-18-8-7-17-2/h12-14,16H,3-11H2,1-2H3. The van der Waals surface area contributed by atoms with Crippen LogP contribution >= 0.6 is 0 Å². The fourth-order valence-corrected chi connectivity index (χ4v) is 2.38. The van der Waals surface area contributed by atoms with Crippen molar-refractivity contribution in [3.63, 3.8) is 0 Å². The average Bonchev–Trinajstić information content (AvgIpc) is 2.82. The molecule has 1 fully saturated rings. The van der Waals surface area contributed by atoms with E-state index in [2.05, 4.69) is 17.1 Å². The molecular formula is C13H28N2O3. The Labute approximate surface area is 110 Å². The SMILES string of the molecule is CCN1CCCC1CNCC(O)COCCOC. The van der Waals surface area contributed by atoms with Crippen molar-refractivity contribution in [2.24, 2.45) is 0 Å². The lowest BCUT2D eigenvalue weighted by atomic mass is 10.2. The maximum absolute atomic E-state index is 9.70. The van der Waals surface area contributed by atoms with Gasteiger partial charge in [0.25, 0.3) is 0 Å². The second-order valence-corrected chi connectivity index (χ2v) is 4.80. The van der Waals surface area contributed by atoms with E-state index in [-0.39, 0.29) is 0 Å². The number of aliphatic hydroxyl groups excluding tert-OH is 1. The van der Waals surface area contributed by atoms with Gasteiger partial charge in [-0.2, -0.15) is 0 Å². The smallest absolute Gasteiger partial charge is 0.0897 e. The second-order valence-electron chi connectivity index (χ2n) is 4.80. The summed E-state index contributed by atoms with van der Waals surface area (Å²) in [5.74, 6) is 0. The van der Waals surface area contributed by atoms with Crippen molar-refractivity contribution >= 4 is 0 Å². The summed E-state index contributed by atoms with van der Waals surface area (Å²) in [5, 5.41) is 13.0. The molecule has 2 N–H and O–H groups in total. The van der Waals surface area contributed by atoms with Gasteiger partial charge in [0.15, 0.2) is 0 Å². The van der Waals surface area contributed by atoms with Gasteiger partial charge < -0.3 is 19.9 Å². The summed E-state index contributed by atoms with van der Waals surface area (Å²) in [6.07, 6.45) is 2.13. The van der Waals surface area contributed by atoms with Crippen LogP contribution in [0, 0.1) is 0 Å². The molecule has 5 nitrogen and oxygen atoms in total. The van der Waals surface area contributed by atoms with Crippen LogP contribution in [0.3, 0.4) is 0 Å². The van der Waals surface area contributed by atoms with Gasteiger partial charge in [0.1, 0.15) is 0 Å². The number of likely N-dealkylation sites (tertiary alicyclic amines) is 1. The van der Waals surface area contributed by atoms with Crippen LogP contribution in [-0.2, 0) is 9.47 Å². The molecule has 0 bridgehead atoms. The molecule has 1 aliphatic heterocycles. The molecule has 0 radical (unpaired) electrons. The lowest BCUT2D eigenvalue weighted by Gasteiger charge is -2.23. The topological polar surface area (TPSA) is 54.0 Å². The molecule has 0 aromatic carbocycles. The highest BCUT2D eigenvalue weighted by Crippen LogP contribution is 2.15. The van der Waals surface area contributed by atoms with Gasteiger partial charge in [-0.05, 0) is 25.9 Å². The van der Waals surface area contributed by atoms with Crippen LogP contribution in [0.5, 0.6) is 0 Å². The molecule has 0 aliphatic carbocycles. The third-order valence-corrected chi connectivity index (χ3v) is 3.41. The lowest BCUT2D eigenvalue weighted by molar-refractivity contribution is 0.0134. The second kappa shape index (κ2) is 9.69. The molecule has 0 saturated carbocycles. The Morgan fingerprint density at radius 3 is 3.00 bits per heavy atom. The molecule has 1 saturated heterocycles. The summed E-state index contributed by atoms with van der Waals surface area (Å²) in [6, 6.07) is 0.636. The average molecular weight is 260 g/mol. The molecule has 0 aromatic rings. The molecule has 5 heteroatoms. The number of aliphatic hydroxyl groups is 1. The van der Waals surface area contributed by atoms with Crippen molar-refractivity contribution in [2.75, 3.05) is 53.1 Å². The maximum Gasteiger partial charge on any atom is 0.0897 e. The fourth-order valence-electron chi connectivity index (χ4n) is 2.38. The highest BCUT2D eigenvalue weighted by atomic mass is 16.5. The predicted molar refractivity (Wildman–Crippen MR) is 71.8 cm³/mol. The number of rotatable bonds is 10. The Bertz CT molecular complexity index is 205. The van der Waals surface area contributed by atoms with Crippen LogP contribution in [0.1, 0.15) is 19.8 Å². The first-order valence-corrected chi connectivity index (χ1v) is 6.97. The fraction of sp³-hybridized carbons (Fsp3) is 1.00. The molecule has 1 rings (SSSR count). The number of hydrogen-bond donors (Lipinski definition) is 2. The summed E-state index contributed by atoms with van der Waals surface area (Å²) in [4.78, 5) is 2.49. The van der Waals surface area contributed by atoms with Gasteiger partial charge in [-0.25, -0.2) is 0 Å². The summed E-state index contributed by atoms with van der Waals surface area (Å²) in [6.45, 7) is 7.59. The van der Waals surface area contributed by atoms with E-state index in [0.717, 1.165) is 13.1 Å². The normalized spacial score (nSPS) is 22.5. The highest BCUT2D eigenvalue weighted by molar-refractivity contribution is 4.80. The van der Waals surface area contributed by atoms with Crippen molar-refractivity contribution < 1.29 is 14.6 Å². The van der Waals surface area contributed by atoms with Crippen molar-refractivity contribution in [3.05, 3.63) is 0 Å². The summed E-state index contributed by atoms with van der Waals surface area (Å²) >= 11 is 0. The third kappa shape index (κ3) is 6.11. The van der Waals surface area contributed by atoms with Crippen LogP contribution in [0.4, 0.5) is 0 Å². The van der Waals surface area contributed by atoms with E-state index < -0.39 is 6.10 Å².